The van der Waals surface area contributed by atoms with Crippen LogP contribution in [0.15, 0.2) is 60.8 Å². The van der Waals surface area contributed by atoms with Crippen molar-refractivity contribution in [1.82, 2.24) is 9.88 Å². The van der Waals surface area contributed by atoms with Gasteiger partial charge in [0.25, 0.3) is 5.91 Å². The van der Waals surface area contributed by atoms with Crippen molar-refractivity contribution in [3.63, 3.8) is 0 Å². The van der Waals surface area contributed by atoms with Gasteiger partial charge in [-0.2, -0.15) is 5.26 Å². The lowest BCUT2D eigenvalue weighted by Gasteiger charge is -2.29. The molecule has 1 aliphatic rings. The lowest BCUT2D eigenvalue weighted by atomic mass is 10.0. The minimum atomic E-state index is -0.291. The molecule has 0 radical (unpaired) electrons. The van der Waals surface area contributed by atoms with Crippen molar-refractivity contribution in [3.05, 3.63) is 77.5 Å². The molecule has 4 rings (SSSR count). The summed E-state index contributed by atoms with van der Waals surface area (Å²) in [6, 6.07) is 18.1. The molecule has 7 heteroatoms. The summed E-state index contributed by atoms with van der Waals surface area (Å²) in [5.41, 5.74) is 10.2. The van der Waals surface area contributed by atoms with Gasteiger partial charge < -0.3 is 16.2 Å². The van der Waals surface area contributed by atoms with E-state index in [2.05, 4.69) is 21.3 Å². The van der Waals surface area contributed by atoms with Gasteiger partial charge in [-0.3, -0.25) is 14.7 Å². The minimum absolute atomic E-state index is 0.262. The SMILES string of the molecule is N#Cc1cc(CN2CCCC(O)C2)cnc1-c1ccc(C(=O)Nc2ccccc2N)cc1. The van der Waals surface area contributed by atoms with E-state index in [1.54, 1.807) is 54.7 Å². The average Bonchev–Trinajstić information content (AvgIpc) is 2.80. The summed E-state index contributed by atoms with van der Waals surface area (Å²) in [6.45, 7) is 2.22. The first-order valence-electron chi connectivity index (χ1n) is 10.6. The van der Waals surface area contributed by atoms with Crippen molar-refractivity contribution in [2.24, 2.45) is 0 Å². The van der Waals surface area contributed by atoms with E-state index in [1.807, 2.05) is 6.07 Å². The van der Waals surface area contributed by atoms with Crippen molar-refractivity contribution in [1.29, 1.82) is 5.26 Å². The first-order valence-corrected chi connectivity index (χ1v) is 10.6. The Balaban J connectivity index is 1.49. The molecule has 7 nitrogen and oxygen atoms in total. The van der Waals surface area contributed by atoms with Crippen LogP contribution >= 0.6 is 0 Å². The molecular weight excluding hydrogens is 402 g/mol. The van der Waals surface area contributed by atoms with Gasteiger partial charge in [-0.05, 0) is 55.3 Å². The highest BCUT2D eigenvalue weighted by Crippen LogP contribution is 2.24. The number of amides is 1. The van der Waals surface area contributed by atoms with E-state index in [0.29, 0.717) is 41.3 Å². The Hall–Kier alpha value is -3.73. The maximum absolute atomic E-state index is 12.5. The van der Waals surface area contributed by atoms with Crippen LogP contribution in [-0.4, -0.2) is 40.1 Å². The minimum Gasteiger partial charge on any atom is -0.397 e. The molecule has 1 unspecified atom stereocenters. The molecule has 1 aliphatic heterocycles. The molecular formula is C25H25N5O2. The maximum Gasteiger partial charge on any atom is 0.255 e. The quantitative estimate of drug-likeness (QED) is 0.538. The zero-order chi connectivity index (χ0) is 22.5. The number of aliphatic hydroxyl groups excluding tert-OH is 1. The summed E-state index contributed by atoms with van der Waals surface area (Å²) < 4.78 is 0. The molecule has 0 bridgehead atoms. The van der Waals surface area contributed by atoms with Crippen LogP contribution in [0.3, 0.4) is 0 Å². The van der Waals surface area contributed by atoms with E-state index < -0.39 is 0 Å². The number of rotatable bonds is 5. The van der Waals surface area contributed by atoms with E-state index in [9.17, 15) is 15.2 Å². The van der Waals surface area contributed by atoms with Gasteiger partial charge >= 0.3 is 0 Å². The number of nitrogens with one attached hydrogen (secondary N) is 1. The molecule has 32 heavy (non-hydrogen) atoms. The number of pyridine rings is 1. The molecule has 1 saturated heterocycles. The number of carbonyl (C=O) groups is 1. The number of hydrogen-bond donors (Lipinski definition) is 3. The second-order valence-electron chi connectivity index (χ2n) is 8.00. The highest BCUT2D eigenvalue weighted by Gasteiger charge is 2.18. The number of anilines is 2. The topological polar surface area (TPSA) is 115 Å². The number of aromatic nitrogens is 1. The monoisotopic (exact) mass is 427 g/mol. The van der Waals surface area contributed by atoms with Crippen molar-refractivity contribution >= 4 is 17.3 Å². The smallest absolute Gasteiger partial charge is 0.255 e. The summed E-state index contributed by atoms with van der Waals surface area (Å²) in [5, 5.41) is 22.3. The summed E-state index contributed by atoms with van der Waals surface area (Å²) in [6.07, 6.45) is 3.29. The van der Waals surface area contributed by atoms with E-state index in [1.165, 1.54) is 0 Å². The first kappa shape index (κ1) is 21.5. The first-order chi connectivity index (χ1) is 15.5. The second-order valence-corrected chi connectivity index (χ2v) is 8.00. The van der Waals surface area contributed by atoms with Gasteiger partial charge in [-0.15, -0.1) is 0 Å². The van der Waals surface area contributed by atoms with E-state index in [0.717, 1.165) is 30.5 Å². The molecule has 2 aromatic carbocycles. The molecule has 1 amide bonds. The van der Waals surface area contributed by atoms with Gasteiger partial charge in [0.2, 0.25) is 0 Å². The lowest BCUT2D eigenvalue weighted by Crippen LogP contribution is -2.37. The Bertz CT molecular complexity index is 1150. The van der Waals surface area contributed by atoms with Crippen molar-refractivity contribution in [3.8, 4) is 17.3 Å². The number of aliphatic hydroxyl groups is 1. The fourth-order valence-corrected chi connectivity index (χ4v) is 3.93. The highest BCUT2D eigenvalue weighted by molar-refractivity contribution is 6.05. The number of nitrogen functional groups attached to an aromatic ring is 1. The third-order valence-corrected chi connectivity index (χ3v) is 5.58. The normalized spacial score (nSPS) is 16.3. The van der Waals surface area contributed by atoms with Crippen LogP contribution in [0.4, 0.5) is 11.4 Å². The fraction of sp³-hybridized carbons (Fsp3) is 0.240. The standard InChI is InChI=1S/C25H25N5O2/c26-13-20-12-17(15-30-11-3-4-21(31)16-30)14-28-24(20)18-7-9-19(10-8-18)25(32)29-23-6-2-1-5-22(23)27/h1-2,5-10,12,14,21,31H,3-4,11,15-16,27H2,(H,29,32). The number of hydrogen-bond acceptors (Lipinski definition) is 6. The molecule has 2 heterocycles. The van der Waals surface area contributed by atoms with Crippen molar-refractivity contribution < 1.29 is 9.90 Å². The number of nitriles is 1. The molecule has 162 valence electrons. The Morgan fingerprint density at radius 3 is 2.75 bits per heavy atom. The molecule has 0 aliphatic carbocycles. The molecule has 1 fully saturated rings. The molecule has 0 saturated carbocycles. The third-order valence-electron chi connectivity index (χ3n) is 5.58. The van der Waals surface area contributed by atoms with Gasteiger partial charge in [0.05, 0.1) is 28.7 Å². The van der Waals surface area contributed by atoms with Crippen molar-refractivity contribution in [2.75, 3.05) is 24.1 Å². The summed E-state index contributed by atoms with van der Waals surface area (Å²) in [5.74, 6) is -0.262. The number of carbonyl (C=O) groups excluding carboxylic acids is 1. The van der Waals surface area contributed by atoms with Gasteiger partial charge in [-0.1, -0.05) is 24.3 Å². The zero-order valence-corrected chi connectivity index (χ0v) is 17.7. The number of likely N-dealkylation sites (tertiary alicyclic amines) is 1. The summed E-state index contributed by atoms with van der Waals surface area (Å²) >= 11 is 0. The van der Waals surface area contributed by atoms with Crippen molar-refractivity contribution in [2.45, 2.75) is 25.5 Å². The number of para-hydroxylation sites is 2. The van der Waals surface area contributed by atoms with Crippen LogP contribution < -0.4 is 11.1 Å². The predicted molar refractivity (Wildman–Crippen MR) is 124 cm³/mol. The number of β-amino-alcohol motifs (C(OH)–C–C–N with tert-alkyl or cyclic N) is 1. The molecule has 4 N–H and O–H groups in total. The highest BCUT2D eigenvalue weighted by atomic mass is 16.3. The van der Waals surface area contributed by atoms with Crippen LogP contribution in [0.2, 0.25) is 0 Å². The number of nitrogens with two attached hydrogens (primary N) is 1. The number of piperidine rings is 1. The molecule has 3 aromatic rings. The zero-order valence-electron chi connectivity index (χ0n) is 17.7. The summed E-state index contributed by atoms with van der Waals surface area (Å²) in [4.78, 5) is 19.2. The average molecular weight is 428 g/mol. The Labute approximate surface area is 187 Å². The lowest BCUT2D eigenvalue weighted by molar-refractivity contribution is 0.0668. The van der Waals surface area contributed by atoms with Gasteiger partial charge in [0, 0.05) is 30.4 Å². The van der Waals surface area contributed by atoms with Gasteiger partial charge in [-0.25, -0.2) is 0 Å². The van der Waals surface area contributed by atoms with Crippen LogP contribution in [0, 0.1) is 11.3 Å². The van der Waals surface area contributed by atoms with Gasteiger partial charge in [0.15, 0.2) is 0 Å². The summed E-state index contributed by atoms with van der Waals surface area (Å²) in [7, 11) is 0. The fourth-order valence-electron chi connectivity index (χ4n) is 3.93. The number of nitrogens with zero attached hydrogens (tertiary/aromatic N) is 3. The Kier molecular flexibility index (Phi) is 6.45. The Morgan fingerprint density at radius 2 is 2.03 bits per heavy atom. The molecule has 1 aromatic heterocycles. The van der Waals surface area contributed by atoms with Crippen LogP contribution in [0.5, 0.6) is 0 Å². The van der Waals surface area contributed by atoms with Crippen LogP contribution in [-0.2, 0) is 6.54 Å². The van der Waals surface area contributed by atoms with Crippen LogP contribution in [0.1, 0.15) is 34.3 Å². The molecule has 1 atom stereocenters. The predicted octanol–water partition coefficient (Wildman–Crippen LogP) is 3.41. The van der Waals surface area contributed by atoms with E-state index in [-0.39, 0.29) is 12.0 Å². The Morgan fingerprint density at radius 1 is 1.25 bits per heavy atom. The van der Waals surface area contributed by atoms with E-state index >= 15 is 0 Å². The van der Waals surface area contributed by atoms with Crippen LogP contribution in [0.25, 0.3) is 11.3 Å². The largest absolute Gasteiger partial charge is 0.397 e. The maximum atomic E-state index is 12.5. The second kappa shape index (κ2) is 9.60. The van der Waals surface area contributed by atoms with E-state index in [4.69, 9.17) is 5.73 Å². The van der Waals surface area contributed by atoms with Gasteiger partial charge in [0.1, 0.15) is 6.07 Å². The third kappa shape index (κ3) is 4.94. The molecule has 0 spiro atoms. The number of benzene rings is 2.